The molecule has 0 bridgehead atoms. The van der Waals surface area contributed by atoms with E-state index in [0.717, 1.165) is 11.3 Å². The maximum Gasteiger partial charge on any atom is 0.275 e. The van der Waals surface area contributed by atoms with Crippen molar-refractivity contribution in [3.63, 3.8) is 0 Å². The summed E-state index contributed by atoms with van der Waals surface area (Å²) >= 11 is 0. The minimum absolute atomic E-state index is 0.0563. The summed E-state index contributed by atoms with van der Waals surface area (Å²) in [6.45, 7) is 3.33. The number of quaternary nitrogens is 1. The predicted molar refractivity (Wildman–Crippen MR) is 105 cm³/mol. The van der Waals surface area contributed by atoms with Crippen LogP contribution in [0.5, 0.6) is 0 Å². The van der Waals surface area contributed by atoms with Gasteiger partial charge in [0.1, 0.15) is 0 Å². The van der Waals surface area contributed by atoms with Gasteiger partial charge in [-0.15, -0.1) is 0 Å². The van der Waals surface area contributed by atoms with Crippen LogP contribution >= 0.6 is 0 Å². The van der Waals surface area contributed by atoms with Crippen LogP contribution in [0, 0.1) is 0 Å². The second-order valence-electron chi connectivity index (χ2n) is 7.35. The molecule has 0 saturated carbocycles. The molecule has 0 unspecified atom stereocenters. The fourth-order valence-electron chi connectivity index (χ4n) is 3.74. The van der Waals surface area contributed by atoms with Gasteiger partial charge in [0.25, 0.3) is 5.91 Å². The number of nitrogens with one attached hydrogen (secondary N) is 2. The summed E-state index contributed by atoms with van der Waals surface area (Å²) < 4.78 is 26.8. The quantitative estimate of drug-likeness (QED) is 0.667. The highest BCUT2D eigenvalue weighted by Crippen LogP contribution is 2.19. The lowest BCUT2D eigenvalue weighted by Crippen LogP contribution is -3.15. The van der Waals surface area contributed by atoms with Crippen molar-refractivity contribution in [1.29, 1.82) is 0 Å². The van der Waals surface area contributed by atoms with Gasteiger partial charge >= 0.3 is 0 Å². The topological polar surface area (TPSA) is 70.9 Å². The molecule has 1 aliphatic carbocycles. The Morgan fingerprint density at radius 3 is 2.52 bits per heavy atom. The van der Waals surface area contributed by atoms with E-state index in [9.17, 15) is 13.2 Å². The highest BCUT2D eigenvalue weighted by Gasteiger charge is 2.30. The lowest BCUT2D eigenvalue weighted by molar-refractivity contribution is -0.895. The van der Waals surface area contributed by atoms with E-state index in [4.69, 9.17) is 0 Å². The first-order valence-corrected chi connectivity index (χ1v) is 11.3. The van der Waals surface area contributed by atoms with Crippen molar-refractivity contribution >= 4 is 15.9 Å². The van der Waals surface area contributed by atoms with Crippen LogP contribution in [0.2, 0.25) is 0 Å². The summed E-state index contributed by atoms with van der Waals surface area (Å²) in [6.07, 6.45) is 8.14. The predicted octanol–water partition coefficient (Wildman–Crippen LogP) is 0.583. The molecule has 1 aromatic rings. The third kappa shape index (κ3) is 5.64. The Balaban J connectivity index is 1.40. The first kappa shape index (κ1) is 20.0. The number of carbonyl (C=O) groups is 1. The van der Waals surface area contributed by atoms with Gasteiger partial charge in [-0.25, -0.2) is 8.42 Å². The van der Waals surface area contributed by atoms with Crippen molar-refractivity contribution in [1.82, 2.24) is 9.62 Å². The lowest BCUT2D eigenvalue weighted by atomic mass is 9.97. The Morgan fingerprint density at radius 1 is 1.11 bits per heavy atom. The molecule has 7 heteroatoms. The maximum absolute atomic E-state index is 12.6. The van der Waals surface area contributed by atoms with Crippen LogP contribution in [0.3, 0.4) is 0 Å². The fraction of sp³-hybridized carbons (Fsp3) is 0.550. The average Bonchev–Trinajstić information content (AvgIpc) is 2.70. The van der Waals surface area contributed by atoms with E-state index in [1.54, 1.807) is 24.3 Å². The number of hydrogen-bond donors (Lipinski definition) is 2. The average molecular weight is 393 g/mol. The Labute approximate surface area is 162 Å². The summed E-state index contributed by atoms with van der Waals surface area (Å²) in [5, 5.41) is 3.01. The molecule has 3 rings (SSSR count). The Hall–Kier alpha value is -1.70. The molecule has 1 saturated heterocycles. The Morgan fingerprint density at radius 2 is 1.85 bits per heavy atom. The van der Waals surface area contributed by atoms with E-state index in [1.807, 2.05) is 6.07 Å². The minimum Gasteiger partial charge on any atom is -0.351 e. The van der Waals surface area contributed by atoms with Crippen molar-refractivity contribution in [2.75, 3.05) is 39.3 Å². The number of allylic oxidation sites excluding steroid dienone is 1. The van der Waals surface area contributed by atoms with E-state index in [0.29, 0.717) is 44.2 Å². The Kier molecular flexibility index (Phi) is 7.04. The molecule has 0 atom stereocenters. The normalized spacial score (nSPS) is 19.5. The van der Waals surface area contributed by atoms with Crippen LogP contribution in [0.1, 0.15) is 32.1 Å². The van der Waals surface area contributed by atoms with Crippen LogP contribution in [-0.2, 0) is 14.8 Å². The Bertz CT molecular complexity index is 754. The van der Waals surface area contributed by atoms with Crippen LogP contribution in [0.4, 0.5) is 0 Å². The van der Waals surface area contributed by atoms with Crippen molar-refractivity contribution < 1.29 is 18.1 Å². The molecule has 2 aliphatic rings. The third-order valence-corrected chi connectivity index (χ3v) is 7.29. The molecule has 1 amide bonds. The molecule has 0 spiro atoms. The molecule has 6 nitrogen and oxygen atoms in total. The number of sulfonamides is 1. The first-order valence-electron chi connectivity index (χ1n) is 9.89. The van der Waals surface area contributed by atoms with Gasteiger partial charge in [0.05, 0.1) is 31.1 Å². The summed E-state index contributed by atoms with van der Waals surface area (Å²) in [5.41, 5.74) is 1.47. The zero-order chi connectivity index (χ0) is 19.1. The lowest BCUT2D eigenvalue weighted by Gasteiger charge is -2.31. The minimum atomic E-state index is -3.43. The molecule has 0 radical (unpaired) electrons. The maximum atomic E-state index is 12.6. The van der Waals surface area contributed by atoms with E-state index in [2.05, 4.69) is 11.4 Å². The van der Waals surface area contributed by atoms with Crippen molar-refractivity contribution in [2.45, 2.75) is 37.0 Å². The fourth-order valence-corrected chi connectivity index (χ4v) is 5.21. The van der Waals surface area contributed by atoms with Gasteiger partial charge < -0.3 is 10.2 Å². The van der Waals surface area contributed by atoms with Crippen molar-refractivity contribution in [3.05, 3.63) is 42.0 Å². The highest BCUT2D eigenvalue weighted by atomic mass is 32.2. The van der Waals surface area contributed by atoms with Crippen molar-refractivity contribution in [3.8, 4) is 0 Å². The number of piperazine rings is 1. The monoisotopic (exact) mass is 392 g/mol. The molecule has 1 fully saturated rings. The van der Waals surface area contributed by atoms with E-state index in [1.165, 1.54) is 35.6 Å². The highest BCUT2D eigenvalue weighted by molar-refractivity contribution is 7.89. The van der Waals surface area contributed by atoms with Gasteiger partial charge in [0.15, 0.2) is 6.54 Å². The molecule has 1 aliphatic heterocycles. The zero-order valence-corrected chi connectivity index (χ0v) is 16.6. The standard InChI is InChI=1S/C20H29N3O3S/c24-20(21-12-11-18-7-3-1-4-8-18)17-22-13-15-23(16-14-22)27(25,26)19-9-5-2-6-10-19/h2,5-7,9-10H,1,3-4,8,11-17H2,(H,21,24)/p+1. The summed E-state index contributed by atoms with van der Waals surface area (Å²) in [7, 11) is -3.43. The van der Waals surface area contributed by atoms with Gasteiger partial charge in [-0.3, -0.25) is 4.79 Å². The van der Waals surface area contributed by atoms with Crippen LogP contribution in [0.25, 0.3) is 0 Å². The smallest absolute Gasteiger partial charge is 0.275 e. The molecule has 148 valence electrons. The number of hydrogen-bond acceptors (Lipinski definition) is 3. The number of nitrogens with zero attached hydrogens (tertiary/aromatic N) is 1. The van der Waals surface area contributed by atoms with E-state index >= 15 is 0 Å². The second kappa shape index (κ2) is 9.48. The van der Waals surface area contributed by atoms with Gasteiger partial charge in [0, 0.05) is 6.54 Å². The zero-order valence-electron chi connectivity index (χ0n) is 15.8. The van der Waals surface area contributed by atoms with Gasteiger partial charge in [-0.1, -0.05) is 29.8 Å². The van der Waals surface area contributed by atoms with Gasteiger partial charge in [-0.05, 0) is 44.2 Å². The molecule has 27 heavy (non-hydrogen) atoms. The van der Waals surface area contributed by atoms with Gasteiger partial charge in [-0.2, -0.15) is 4.31 Å². The number of rotatable bonds is 7. The summed E-state index contributed by atoms with van der Waals surface area (Å²) in [4.78, 5) is 13.6. The number of benzene rings is 1. The summed E-state index contributed by atoms with van der Waals surface area (Å²) in [6, 6.07) is 8.54. The molecule has 1 heterocycles. The van der Waals surface area contributed by atoms with Crippen LogP contribution < -0.4 is 10.2 Å². The molecule has 0 aromatic heterocycles. The van der Waals surface area contributed by atoms with E-state index < -0.39 is 10.0 Å². The summed E-state index contributed by atoms with van der Waals surface area (Å²) in [5.74, 6) is 0.0563. The molecule has 2 N–H and O–H groups in total. The molecular formula is C20H30N3O3S+. The van der Waals surface area contributed by atoms with Crippen LogP contribution in [-0.4, -0.2) is 57.9 Å². The molecular weight excluding hydrogens is 362 g/mol. The number of amides is 1. The first-order chi connectivity index (χ1) is 13.1. The van der Waals surface area contributed by atoms with Gasteiger partial charge in [0.2, 0.25) is 10.0 Å². The third-order valence-electron chi connectivity index (χ3n) is 5.37. The SMILES string of the molecule is O=C(C[NH+]1CCN(S(=O)(=O)c2ccccc2)CC1)NCCC1=CCCCC1. The van der Waals surface area contributed by atoms with E-state index in [-0.39, 0.29) is 5.91 Å². The van der Waals surface area contributed by atoms with Crippen LogP contribution in [0.15, 0.2) is 46.9 Å². The van der Waals surface area contributed by atoms with Crippen molar-refractivity contribution in [2.24, 2.45) is 0 Å². The molecule has 1 aromatic carbocycles. The number of carbonyl (C=O) groups excluding carboxylic acids is 1. The second-order valence-corrected chi connectivity index (χ2v) is 9.29. The largest absolute Gasteiger partial charge is 0.351 e.